The van der Waals surface area contributed by atoms with E-state index in [2.05, 4.69) is 10.4 Å². The Bertz CT molecular complexity index is 732. The molecular weight excluding hydrogens is 294 g/mol. The Morgan fingerprint density at radius 3 is 2.52 bits per heavy atom. The van der Waals surface area contributed by atoms with Gasteiger partial charge in [-0.15, -0.1) is 4.83 Å². The van der Waals surface area contributed by atoms with E-state index in [0.29, 0.717) is 0 Å². The topological polar surface area (TPSA) is 97.4 Å². The van der Waals surface area contributed by atoms with E-state index in [9.17, 15) is 13.2 Å². The van der Waals surface area contributed by atoms with E-state index in [1.54, 1.807) is 24.3 Å². The van der Waals surface area contributed by atoms with Crippen LogP contribution >= 0.6 is 0 Å². The standard InChI is InChI=1S/C13H13N3O4S/c1-20-11-7-2-3-8-12(11)21(18,19)16-15-13(17)10-6-4-5-9-14-10/h2-9,16H,1H3,(H,15,17). The lowest BCUT2D eigenvalue weighted by Gasteiger charge is -2.11. The van der Waals surface area contributed by atoms with E-state index >= 15 is 0 Å². The average molecular weight is 307 g/mol. The Labute approximate surface area is 122 Å². The molecule has 110 valence electrons. The highest BCUT2D eigenvalue weighted by molar-refractivity contribution is 7.89. The molecule has 7 nitrogen and oxygen atoms in total. The second-order valence-electron chi connectivity index (χ2n) is 3.93. The highest BCUT2D eigenvalue weighted by Gasteiger charge is 2.20. The molecule has 1 heterocycles. The van der Waals surface area contributed by atoms with Gasteiger partial charge in [0.2, 0.25) is 0 Å². The SMILES string of the molecule is COc1ccccc1S(=O)(=O)NNC(=O)c1ccccn1. The highest BCUT2D eigenvalue weighted by atomic mass is 32.2. The molecule has 0 aliphatic carbocycles. The Hall–Kier alpha value is -2.45. The fraction of sp³-hybridized carbons (Fsp3) is 0.0769. The van der Waals surface area contributed by atoms with Gasteiger partial charge >= 0.3 is 0 Å². The zero-order valence-electron chi connectivity index (χ0n) is 11.1. The van der Waals surface area contributed by atoms with Crippen LogP contribution in [0.25, 0.3) is 0 Å². The van der Waals surface area contributed by atoms with Crippen molar-refractivity contribution in [3.63, 3.8) is 0 Å². The lowest BCUT2D eigenvalue weighted by atomic mass is 10.3. The number of nitrogens with one attached hydrogen (secondary N) is 2. The number of amides is 1. The molecule has 0 bridgehead atoms. The molecule has 1 aromatic heterocycles. The van der Waals surface area contributed by atoms with Gasteiger partial charge in [-0.05, 0) is 24.3 Å². The molecule has 0 spiro atoms. The number of sulfonamides is 1. The molecule has 0 aliphatic heterocycles. The summed E-state index contributed by atoms with van der Waals surface area (Å²) < 4.78 is 29.2. The summed E-state index contributed by atoms with van der Waals surface area (Å²) in [6.45, 7) is 0. The number of aromatic nitrogens is 1. The van der Waals surface area contributed by atoms with Crippen LogP contribution in [0.4, 0.5) is 0 Å². The number of carbonyl (C=O) groups excluding carboxylic acids is 1. The van der Waals surface area contributed by atoms with Crippen molar-refractivity contribution in [2.45, 2.75) is 4.90 Å². The zero-order chi connectivity index (χ0) is 15.3. The number of methoxy groups -OCH3 is 1. The Morgan fingerprint density at radius 1 is 1.14 bits per heavy atom. The predicted octanol–water partition coefficient (Wildman–Crippen LogP) is 0.713. The van der Waals surface area contributed by atoms with Gasteiger partial charge in [0.25, 0.3) is 15.9 Å². The third-order valence-corrected chi connectivity index (χ3v) is 3.84. The van der Waals surface area contributed by atoms with Crippen LogP contribution in [0, 0.1) is 0 Å². The predicted molar refractivity (Wildman–Crippen MR) is 75.0 cm³/mol. The molecular formula is C13H13N3O4S. The molecule has 1 amide bonds. The number of pyridine rings is 1. The number of para-hydroxylation sites is 1. The fourth-order valence-corrected chi connectivity index (χ4v) is 2.58. The molecule has 0 aliphatic rings. The molecule has 0 atom stereocenters. The molecule has 0 saturated heterocycles. The first-order valence-electron chi connectivity index (χ1n) is 5.91. The van der Waals surface area contributed by atoms with Crippen molar-refractivity contribution < 1.29 is 17.9 Å². The maximum absolute atomic E-state index is 12.1. The summed E-state index contributed by atoms with van der Waals surface area (Å²) in [5, 5.41) is 0. The summed E-state index contributed by atoms with van der Waals surface area (Å²) in [5.74, 6) is -0.480. The van der Waals surface area contributed by atoms with Gasteiger partial charge in [0, 0.05) is 6.20 Å². The minimum atomic E-state index is -3.94. The summed E-state index contributed by atoms with van der Waals surface area (Å²) in [6.07, 6.45) is 1.43. The lowest BCUT2D eigenvalue weighted by molar-refractivity contribution is 0.0940. The van der Waals surface area contributed by atoms with Gasteiger partial charge in [0.05, 0.1) is 7.11 Å². The molecule has 2 N–H and O–H groups in total. The number of hydrogen-bond donors (Lipinski definition) is 2. The van der Waals surface area contributed by atoms with Crippen molar-refractivity contribution in [1.29, 1.82) is 0 Å². The molecule has 1 aromatic carbocycles. The van der Waals surface area contributed by atoms with E-state index in [0.717, 1.165) is 0 Å². The molecule has 0 saturated carbocycles. The van der Waals surface area contributed by atoms with Crippen molar-refractivity contribution in [1.82, 2.24) is 15.2 Å². The Balaban J connectivity index is 2.14. The maximum Gasteiger partial charge on any atom is 0.284 e. The Morgan fingerprint density at radius 2 is 1.86 bits per heavy atom. The fourth-order valence-electron chi connectivity index (χ4n) is 1.57. The number of hydrogen-bond acceptors (Lipinski definition) is 5. The van der Waals surface area contributed by atoms with Crippen LogP contribution in [-0.2, 0) is 10.0 Å². The van der Waals surface area contributed by atoms with Crippen LogP contribution in [0.1, 0.15) is 10.5 Å². The first-order valence-corrected chi connectivity index (χ1v) is 7.39. The number of nitrogens with zero attached hydrogens (tertiary/aromatic N) is 1. The number of hydrazine groups is 1. The summed E-state index contributed by atoms with van der Waals surface area (Å²) >= 11 is 0. The molecule has 21 heavy (non-hydrogen) atoms. The van der Waals surface area contributed by atoms with Gasteiger partial charge in [0.1, 0.15) is 16.3 Å². The first kappa shape index (κ1) is 14.9. The zero-order valence-corrected chi connectivity index (χ0v) is 11.9. The quantitative estimate of drug-likeness (QED) is 0.793. The van der Waals surface area contributed by atoms with E-state index < -0.39 is 15.9 Å². The molecule has 0 unspecified atom stereocenters. The number of ether oxygens (including phenoxy) is 1. The highest BCUT2D eigenvalue weighted by Crippen LogP contribution is 2.21. The summed E-state index contributed by atoms with van der Waals surface area (Å²) in [6, 6.07) is 10.8. The lowest BCUT2D eigenvalue weighted by Crippen LogP contribution is -2.41. The van der Waals surface area contributed by atoms with Gasteiger partial charge in [0.15, 0.2) is 0 Å². The summed E-state index contributed by atoms with van der Waals surface area (Å²) in [7, 11) is -2.58. The van der Waals surface area contributed by atoms with Gasteiger partial charge in [-0.3, -0.25) is 15.2 Å². The second-order valence-corrected chi connectivity index (χ2v) is 5.58. The van der Waals surface area contributed by atoms with Gasteiger partial charge in [-0.25, -0.2) is 8.42 Å². The second kappa shape index (κ2) is 6.33. The third-order valence-electron chi connectivity index (χ3n) is 2.56. The van der Waals surface area contributed by atoms with Crippen LogP contribution in [0.5, 0.6) is 5.75 Å². The van der Waals surface area contributed by atoms with Crippen LogP contribution < -0.4 is 15.0 Å². The van der Waals surface area contributed by atoms with Crippen molar-refractivity contribution in [2.24, 2.45) is 0 Å². The normalized spacial score (nSPS) is 10.9. The van der Waals surface area contributed by atoms with E-state index in [-0.39, 0.29) is 16.3 Å². The largest absolute Gasteiger partial charge is 0.495 e. The number of benzene rings is 1. The summed E-state index contributed by atoms with van der Waals surface area (Å²) in [5.41, 5.74) is 2.19. The van der Waals surface area contributed by atoms with Crippen molar-refractivity contribution in [3.8, 4) is 5.75 Å². The van der Waals surface area contributed by atoms with Crippen molar-refractivity contribution in [3.05, 3.63) is 54.4 Å². The number of rotatable bonds is 5. The van der Waals surface area contributed by atoms with Crippen LogP contribution in [0.3, 0.4) is 0 Å². The maximum atomic E-state index is 12.1. The van der Waals surface area contributed by atoms with E-state index in [4.69, 9.17) is 4.74 Å². The molecule has 0 radical (unpaired) electrons. The minimum Gasteiger partial charge on any atom is -0.495 e. The molecule has 0 fully saturated rings. The van der Waals surface area contributed by atoms with E-state index in [1.165, 1.54) is 31.5 Å². The van der Waals surface area contributed by atoms with Crippen LogP contribution in [-0.4, -0.2) is 26.4 Å². The van der Waals surface area contributed by atoms with Crippen LogP contribution in [0.2, 0.25) is 0 Å². The molecule has 2 aromatic rings. The first-order chi connectivity index (χ1) is 10.0. The van der Waals surface area contributed by atoms with Gasteiger partial charge < -0.3 is 4.74 Å². The summed E-state index contributed by atoms with van der Waals surface area (Å²) in [4.78, 5) is 17.5. The molecule has 2 rings (SSSR count). The van der Waals surface area contributed by atoms with Gasteiger partial charge in [-0.2, -0.15) is 0 Å². The van der Waals surface area contributed by atoms with E-state index in [1.807, 2.05) is 4.83 Å². The van der Waals surface area contributed by atoms with Crippen molar-refractivity contribution in [2.75, 3.05) is 7.11 Å². The third kappa shape index (κ3) is 3.56. The van der Waals surface area contributed by atoms with Crippen molar-refractivity contribution >= 4 is 15.9 Å². The number of carbonyl (C=O) groups is 1. The van der Waals surface area contributed by atoms with Crippen LogP contribution in [0.15, 0.2) is 53.6 Å². The monoisotopic (exact) mass is 307 g/mol. The smallest absolute Gasteiger partial charge is 0.284 e. The average Bonchev–Trinajstić information content (AvgIpc) is 2.53. The van der Waals surface area contributed by atoms with Gasteiger partial charge in [-0.1, -0.05) is 18.2 Å². The minimum absolute atomic E-state index is 0.0752. The molecule has 8 heteroatoms. The Kier molecular flexibility index (Phi) is 4.51.